The Balaban J connectivity index is 1.66. The molecule has 1 aliphatic heterocycles. The number of fused-ring (bicyclic) bond motifs is 1. The van der Waals surface area contributed by atoms with Crippen LogP contribution in [-0.4, -0.2) is 17.6 Å². The second kappa shape index (κ2) is 10.5. The number of para-hydroxylation sites is 1. The monoisotopic (exact) mass is 621 g/mol. The van der Waals surface area contributed by atoms with Crippen LogP contribution in [0, 0.1) is 10.5 Å². The summed E-state index contributed by atoms with van der Waals surface area (Å²) in [6, 6.07) is 22.4. The molecule has 0 radical (unpaired) electrons. The van der Waals surface area contributed by atoms with Gasteiger partial charge in [-0.05, 0) is 77.9 Å². The first-order valence-corrected chi connectivity index (χ1v) is 13.5. The van der Waals surface area contributed by atoms with E-state index < -0.39 is 6.04 Å². The lowest BCUT2D eigenvalue weighted by Crippen LogP contribution is -2.40. The fourth-order valence-corrected chi connectivity index (χ4v) is 6.13. The fourth-order valence-electron chi connectivity index (χ4n) is 4.32. The van der Waals surface area contributed by atoms with Gasteiger partial charge in [0, 0.05) is 5.69 Å². The van der Waals surface area contributed by atoms with Crippen molar-refractivity contribution in [1.82, 2.24) is 4.57 Å². The summed E-state index contributed by atoms with van der Waals surface area (Å²) in [5.41, 5.74) is 4.38. The molecule has 4 aromatic rings. The highest BCUT2D eigenvalue weighted by Crippen LogP contribution is 2.31. The summed E-state index contributed by atoms with van der Waals surface area (Å²) in [4.78, 5) is 32.7. The predicted molar refractivity (Wildman–Crippen MR) is 156 cm³/mol. The van der Waals surface area contributed by atoms with E-state index in [9.17, 15) is 9.59 Å². The van der Waals surface area contributed by atoms with Crippen molar-refractivity contribution in [3.05, 3.63) is 124 Å². The minimum Gasteiger partial charge on any atom is -0.496 e. The maximum Gasteiger partial charge on any atom is 0.271 e. The van der Waals surface area contributed by atoms with Crippen molar-refractivity contribution < 1.29 is 9.53 Å². The summed E-state index contributed by atoms with van der Waals surface area (Å²) in [6.45, 7) is 3.83. The number of carbonyl (C=O) groups excluding carboxylic acids is 1. The predicted octanol–water partition coefficient (Wildman–Crippen LogP) is 4.80. The molecule has 3 aromatic carbocycles. The van der Waals surface area contributed by atoms with Crippen LogP contribution in [0.2, 0.25) is 0 Å². The summed E-state index contributed by atoms with van der Waals surface area (Å²) in [7, 11) is 1.63. The van der Waals surface area contributed by atoms with Crippen LogP contribution in [0.1, 0.15) is 29.7 Å². The minimum atomic E-state index is -0.598. The third-order valence-electron chi connectivity index (χ3n) is 6.16. The average molecular weight is 622 g/mol. The standard InChI is InChI=1S/C29H24IN3O3S/c1-17-9-12-20(13-10-17)26-25(27(34)32-21-7-5-4-6-8-21)18(2)31-29-33(26)28(35)24(37-29)16-19-11-14-23(36-3)22(30)15-19/h4-16,26H,1-3H3,(H,32,34)/b24-16-. The van der Waals surface area contributed by atoms with E-state index in [1.807, 2.05) is 92.7 Å². The third-order valence-corrected chi connectivity index (χ3v) is 7.99. The van der Waals surface area contributed by atoms with Gasteiger partial charge in [-0.1, -0.05) is 65.4 Å². The molecule has 0 spiro atoms. The summed E-state index contributed by atoms with van der Waals surface area (Å²) in [6.07, 6.45) is 1.86. The molecule has 1 aliphatic rings. The number of allylic oxidation sites excluding steroid dienone is 1. The van der Waals surface area contributed by atoms with E-state index in [4.69, 9.17) is 9.73 Å². The van der Waals surface area contributed by atoms with Gasteiger partial charge in [0.25, 0.3) is 11.5 Å². The van der Waals surface area contributed by atoms with Gasteiger partial charge in [-0.15, -0.1) is 0 Å². The normalized spacial score (nSPS) is 15.2. The molecule has 1 N–H and O–H groups in total. The van der Waals surface area contributed by atoms with E-state index in [2.05, 4.69) is 27.9 Å². The SMILES string of the molecule is COc1ccc(/C=c2\sc3n(c2=O)C(c2ccc(C)cc2)C(C(=O)Nc2ccccc2)=C(C)N=3)cc1I. The summed E-state index contributed by atoms with van der Waals surface area (Å²) in [5, 5.41) is 2.98. The molecule has 186 valence electrons. The van der Waals surface area contributed by atoms with Crippen molar-refractivity contribution in [3.63, 3.8) is 0 Å². The number of nitrogens with zero attached hydrogens (tertiary/aromatic N) is 2. The summed E-state index contributed by atoms with van der Waals surface area (Å²) in [5.74, 6) is 0.500. The largest absolute Gasteiger partial charge is 0.496 e. The summed E-state index contributed by atoms with van der Waals surface area (Å²) >= 11 is 3.54. The molecule has 0 saturated heterocycles. The Labute approximate surface area is 231 Å². The van der Waals surface area contributed by atoms with E-state index in [-0.39, 0.29) is 11.5 Å². The molecular weight excluding hydrogens is 597 g/mol. The quantitative estimate of drug-likeness (QED) is 0.326. The molecule has 1 unspecified atom stereocenters. The van der Waals surface area contributed by atoms with Gasteiger partial charge in [-0.2, -0.15) is 0 Å². The lowest BCUT2D eigenvalue weighted by Gasteiger charge is -2.25. The van der Waals surface area contributed by atoms with Gasteiger partial charge in [-0.3, -0.25) is 14.2 Å². The Kier molecular flexibility index (Phi) is 7.12. The third kappa shape index (κ3) is 5.03. The molecule has 37 heavy (non-hydrogen) atoms. The highest BCUT2D eigenvalue weighted by Gasteiger charge is 2.32. The Bertz CT molecular complexity index is 1700. The van der Waals surface area contributed by atoms with Crippen LogP contribution in [-0.2, 0) is 4.79 Å². The number of rotatable bonds is 5. The fraction of sp³-hybridized carbons (Fsp3) is 0.138. The number of nitrogens with one attached hydrogen (secondary N) is 1. The Morgan fingerprint density at radius 2 is 1.81 bits per heavy atom. The maximum absolute atomic E-state index is 13.8. The molecule has 1 atom stereocenters. The van der Waals surface area contributed by atoms with Crippen molar-refractivity contribution in [1.29, 1.82) is 0 Å². The van der Waals surface area contributed by atoms with E-state index in [0.717, 1.165) is 26.0 Å². The molecule has 0 fully saturated rings. The van der Waals surface area contributed by atoms with Gasteiger partial charge < -0.3 is 10.1 Å². The second-order valence-corrected chi connectivity index (χ2v) is 10.9. The Morgan fingerprint density at radius 3 is 2.49 bits per heavy atom. The first kappa shape index (κ1) is 25.2. The molecule has 0 aliphatic carbocycles. The molecule has 6 nitrogen and oxygen atoms in total. The molecule has 1 aromatic heterocycles. The number of carbonyl (C=O) groups is 1. The van der Waals surface area contributed by atoms with Gasteiger partial charge >= 0.3 is 0 Å². The first-order chi connectivity index (χ1) is 17.9. The molecule has 8 heteroatoms. The number of benzene rings is 3. The Hall–Kier alpha value is -3.50. The molecule has 1 amide bonds. The van der Waals surface area contributed by atoms with Crippen LogP contribution >= 0.6 is 33.9 Å². The van der Waals surface area contributed by atoms with Crippen LogP contribution in [0.3, 0.4) is 0 Å². The zero-order valence-electron chi connectivity index (χ0n) is 20.5. The number of amides is 1. The van der Waals surface area contributed by atoms with Crippen LogP contribution in [0.25, 0.3) is 6.08 Å². The molecule has 2 heterocycles. The number of anilines is 1. The number of thiazole rings is 1. The zero-order valence-corrected chi connectivity index (χ0v) is 23.5. The number of aromatic nitrogens is 1. The summed E-state index contributed by atoms with van der Waals surface area (Å²) < 4.78 is 8.50. The van der Waals surface area contributed by atoms with Gasteiger partial charge in [0.15, 0.2) is 4.80 Å². The zero-order chi connectivity index (χ0) is 26.1. The second-order valence-electron chi connectivity index (χ2n) is 8.71. The van der Waals surface area contributed by atoms with Crippen LogP contribution in [0.15, 0.2) is 93.9 Å². The molecule has 0 saturated carbocycles. The van der Waals surface area contributed by atoms with Gasteiger partial charge in [-0.25, -0.2) is 4.99 Å². The highest BCUT2D eigenvalue weighted by atomic mass is 127. The van der Waals surface area contributed by atoms with Crippen LogP contribution in [0.5, 0.6) is 5.75 Å². The lowest BCUT2D eigenvalue weighted by atomic mass is 9.94. The van der Waals surface area contributed by atoms with Gasteiger partial charge in [0.1, 0.15) is 5.75 Å². The number of hydrogen-bond donors (Lipinski definition) is 1. The minimum absolute atomic E-state index is 0.183. The molecule has 0 bridgehead atoms. The number of ether oxygens (including phenoxy) is 1. The highest BCUT2D eigenvalue weighted by molar-refractivity contribution is 14.1. The molecular formula is C29H24IN3O3S. The van der Waals surface area contributed by atoms with Crippen molar-refractivity contribution in [2.45, 2.75) is 19.9 Å². The van der Waals surface area contributed by atoms with Gasteiger partial charge in [0.05, 0.1) is 32.5 Å². The smallest absolute Gasteiger partial charge is 0.271 e. The number of hydrogen-bond acceptors (Lipinski definition) is 5. The van der Waals surface area contributed by atoms with E-state index >= 15 is 0 Å². The lowest BCUT2D eigenvalue weighted by molar-refractivity contribution is -0.113. The van der Waals surface area contributed by atoms with E-state index in [1.165, 1.54) is 11.3 Å². The van der Waals surface area contributed by atoms with E-state index in [0.29, 0.717) is 26.3 Å². The number of aryl methyl sites for hydroxylation is 1. The van der Waals surface area contributed by atoms with Crippen molar-refractivity contribution >= 4 is 51.6 Å². The van der Waals surface area contributed by atoms with Crippen LogP contribution < -0.4 is 24.9 Å². The first-order valence-electron chi connectivity index (χ1n) is 11.6. The topological polar surface area (TPSA) is 72.7 Å². The number of halogens is 1. The van der Waals surface area contributed by atoms with Crippen LogP contribution in [0.4, 0.5) is 5.69 Å². The van der Waals surface area contributed by atoms with Crippen molar-refractivity contribution in [3.8, 4) is 5.75 Å². The molecule has 5 rings (SSSR count). The average Bonchev–Trinajstić information content (AvgIpc) is 3.18. The van der Waals surface area contributed by atoms with Crippen molar-refractivity contribution in [2.75, 3.05) is 12.4 Å². The van der Waals surface area contributed by atoms with Crippen molar-refractivity contribution in [2.24, 2.45) is 4.99 Å². The maximum atomic E-state index is 13.8. The number of methoxy groups -OCH3 is 1. The van der Waals surface area contributed by atoms with E-state index in [1.54, 1.807) is 11.7 Å². The Morgan fingerprint density at radius 1 is 1.08 bits per heavy atom. The van der Waals surface area contributed by atoms with Gasteiger partial charge in [0.2, 0.25) is 0 Å².